The standard InChI is InChI=1S/C19H26N6O3/c1-10-7-14(22-17(20)21-10)16(26)25-11-4-5-12(25)9-19(8-11)13-3-2-6-28-15(13)23-18(27)24-19/h7,11-13,15H,2-6,8-9H2,1H3,(H2,20,21,22)(H2,23,24,27)/t11-,12-,13+,15-/m0/s1. The van der Waals surface area contributed by atoms with E-state index in [1.54, 1.807) is 6.07 Å². The van der Waals surface area contributed by atoms with Crippen LogP contribution in [0.1, 0.15) is 54.7 Å². The Morgan fingerprint density at radius 3 is 2.75 bits per heavy atom. The number of nitrogen functional groups attached to an aromatic ring is 1. The number of urea groups is 1. The van der Waals surface area contributed by atoms with Gasteiger partial charge in [0.05, 0.1) is 5.54 Å². The number of aromatic nitrogens is 2. The van der Waals surface area contributed by atoms with Crippen molar-refractivity contribution >= 4 is 17.9 Å². The first-order valence-corrected chi connectivity index (χ1v) is 10.1. The number of piperidine rings is 1. The summed E-state index contributed by atoms with van der Waals surface area (Å²) in [6.45, 7) is 2.49. The molecule has 28 heavy (non-hydrogen) atoms. The average Bonchev–Trinajstić information content (AvgIpc) is 2.92. The van der Waals surface area contributed by atoms with Gasteiger partial charge in [0, 0.05) is 30.3 Å². The Balaban J connectivity index is 1.43. The number of nitrogens with one attached hydrogen (secondary N) is 2. The average molecular weight is 386 g/mol. The number of nitrogens with two attached hydrogens (primary N) is 1. The number of rotatable bonds is 1. The number of hydrogen-bond donors (Lipinski definition) is 3. The van der Waals surface area contributed by atoms with Crippen LogP contribution in [0.2, 0.25) is 0 Å². The Morgan fingerprint density at radius 1 is 1.29 bits per heavy atom. The fraction of sp³-hybridized carbons (Fsp3) is 0.684. The van der Waals surface area contributed by atoms with Crippen LogP contribution in [-0.4, -0.2) is 57.3 Å². The lowest BCUT2D eigenvalue weighted by Crippen LogP contribution is -2.73. The quantitative estimate of drug-likeness (QED) is 0.660. The molecule has 9 heteroatoms. The minimum atomic E-state index is -0.309. The summed E-state index contributed by atoms with van der Waals surface area (Å²) in [5, 5.41) is 6.16. The molecule has 0 aromatic carbocycles. The maximum absolute atomic E-state index is 13.2. The Bertz CT molecular complexity index is 796. The zero-order valence-corrected chi connectivity index (χ0v) is 16.0. The molecule has 5 rings (SSSR count). The molecule has 4 fully saturated rings. The van der Waals surface area contributed by atoms with E-state index in [-0.39, 0.29) is 47.7 Å². The van der Waals surface area contributed by atoms with Crippen molar-refractivity contribution in [1.29, 1.82) is 0 Å². The first-order chi connectivity index (χ1) is 13.4. The number of amides is 3. The molecule has 1 aromatic heterocycles. The van der Waals surface area contributed by atoms with Crippen LogP contribution in [0, 0.1) is 12.8 Å². The third-order valence-corrected chi connectivity index (χ3v) is 6.81. The summed E-state index contributed by atoms with van der Waals surface area (Å²) in [5.41, 5.74) is 6.48. The molecule has 9 nitrogen and oxygen atoms in total. The molecule has 1 spiro atoms. The van der Waals surface area contributed by atoms with Gasteiger partial charge < -0.3 is 26.0 Å². The number of fused-ring (bicyclic) bond motifs is 4. The lowest BCUT2D eigenvalue weighted by molar-refractivity contribution is -0.0993. The molecular formula is C19H26N6O3. The molecule has 4 atom stereocenters. The van der Waals surface area contributed by atoms with Gasteiger partial charge in [0.15, 0.2) is 0 Å². The maximum Gasteiger partial charge on any atom is 0.317 e. The Hall–Kier alpha value is -2.42. The lowest BCUT2D eigenvalue weighted by atomic mass is 9.69. The number of nitrogens with zero attached hydrogens (tertiary/aromatic N) is 3. The lowest BCUT2D eigenvalue weighted by Gasteiger charge is -2.55. The summed E-state index contributed by atoms with van der Waals surface area (Å²) in [5.74, 6) is 0.268. The number of anilines is 1. The smallest absolute Gasteiger partial charge is 0.317 e. The molecule has 4 N–H and O–H groups in total. The van der Waals surface area contributed by atoms with Crippen LogP contribution in [-0.2, 0) is 4.74 Å². The molecular weight excluding hydrogens is 360 g/mol. The molecule has 2 bridgehead atoms. The SMILES string of the molecule is Cc1cc(C(=O)N2[C@H]3CC[C@H]2CC2(C3)NC(=O)N[C@H]3OCCC[C@H]32)nc(N)n1. The van der Waals surface area contributed by atoms with Gasteiger partial charge in [0.25, 0.3) is 5.91 Å². The van der Waals surface area contributed by atoms with E-state index in [4.69, 9.17) is 10.5 Å². The second kappa shape index (κ2) is 6.30. The maximum atomic E-state index is 13.2. The summed E-state index contributed by atoms with van der Waals surface area (Å²) >= 11 is 0. The van der Waals surface area contributed by atoms with Gasteiger partial charge >= 0.3 is 6.03 Å². The van der Waals surface area contributed by atoms with Gasteiger partial charge in [-0.1, -0.05) is 0 Å². The Morgan fingerprint density at radius 2 is 2.04 bits per heavy atom. The molecule has 4 aliphatic rings. The first kappa shape index (κ1) is 17.7. The number of carbonyl (C=O) groups is 2. The predicted molar refractivity (Wildman–Crippen MR) is 100 cm³/mol. The van der Waals surface area contributed by atoms with Gasteiger partial charge in [-0.3, -0.25) is 4.79 Å². The predicted octanol–water partition coefficient (Wildman–Crippen LogP) is 0.939. The van der Waals surface area contributed by atoms with Crippen molar-refractivity contribution in [2.24, 2.45) is 5.92 Å². The summed E-state index contributed by atoms with van der Waals surface area (Å²) < 4.78 is 5.86. The normalized spacial score (nSPS) is 36.6. The molecule has 3 amide bonds. The Labute approximate surface area is 163 Å². The van der Waals surface area contributed by atoms with Crippen molar-refractivity contribution in [3.05, 3.63) is 17.5 Å². The largest absolute Gasteiger partial charge is 0.368 e. The van der Waals surface area contributed by atoms with Gasteiger partial charge in [0.2, 0.25) is 5.95 Å². The van der Waals surface area contributed by atoms with Crippen molar-refractivity contribution in [1.82, 2.24) is 25.5 Å². The highest BCUT2D eigenvalue weighted by molar-refractivity contribution is 5.93. The zero-order valence-electron chi connectivity index (χ0n) is 16.0. The summed E-state index contributed by atoms with van der Waals surface area (Å²) in [6.07, 6.45) is 5.19. The summed E-state index contributed by atoms with van der Waals surface area (Å²) in [4.78, 5) is 35.8. The topological polar surface area (TPSA) is 122 Å². The van der Waals surface area contributed by atoms with E-state index in [1.807, 2.05) is 11.8 Å². The summed E-state index contributed by atoms with van der Waals surface area (Å²) in [6, 6.07) is 1.70. The van der Waals surface area contributed by atoms with E-state index >= 15 is 0 Å². The molecule has 5 heterocycles. The van der Waals surface area contributed by atoms with E-state index in [9.17, 15) is 9.59 Å². The third-order valence-electron chi connectivity index (χ3n) is 6.81. The third kappa shape index (κ3) is 2.71. The fourth-order valence-corrected chi connectivity index (χ4v) is 5.83. The van der Waals surface area contributed by atoms with Crippen molar-refractivity contribution in [2.75, 3.05) is 12.3 Å². The van der Waals surface area contributed by atoms with Crippen molar-refractivity contribution in [2.45, 2.75) is 69.3 Å². The number of aryl methyl sites for hydroxylation is 1. The zero-order chi connectivity index (χ0) is 19.5. The van der Waals surface area contributed by atoms with Crippen molar-refractivity contribution in [3.63, 3.8) is 0 Å². The molecule has 4 aliphatic heterocycles. The van der Waals surface area contributed by atoms with Gasteiger partial charge in [-0.05, 0) is 51.5 Å². The number of carbonyl (C=O) groups excluding carboxylic acids is 2. The van der Waals surface area contributed by atoms with Crippen LogP contribution in [0.4, 0.5) is 10.7 Å². The van der Waals surface area contributed by atoms with Crippen molar-refractivity contribution in [3.8, 4) is 0 Å². The minimum Gasteiger partial charge on any atom is -0.368 e. The summed E-state index contributed by atoms with van der Waals surface area (Å²) in [7, 11) is 0. The molecule has 1 aromatic rings. The van der Waals surface area contributed by atoms with Crippen LogP contribution in [0.3, 0.4) is 0 Å². The van der Waals surface area contributed by atoms with E-state index in [0.29, 0.717) is 18.0 Å². The van der Waals surface area contributed by atoms with Gasteiger partial charge in [-0.2, -0.15) is 0 Å². The van der Waals surface area contributed by atoms with E-state index in [2.05, 4.69) is 20.6 Å². The van der Waals surface area contributed by atoms with Gasteiger partial charge in [-0.15, -0.1) is 0 Å². The van der Waals surface area contributed by atoms with E-state index < -0.39 is 0 Å². The van der Waals surface area contributed by atoms with Crippen LogP contribution in [0.15, 0.2) is 6.07 Å². The highest BCUT2D eigenvalue weighted by Gasteiger charge is 2.58. The molecule has 4 saturated heterocycles. The monoisotopic (exact) mass is 386 g/mol. The fourth-order valence-electron chi connectivity index (χ4n) is 5.83. The Kier molecular flexibility index (Phi) is 3.97. The van der Waals surface area contributed by atoms with E-state index in [1.165, 1.54) is 0 Å². The van der Waals surface area contributed by atoms with Crippen LogP contribution >= 0.6 is 0 Å². The second-order valence-electron chi connectivity index (χ2n) is 8.55. The molecule has 0 unspecified atom stereocenters. The van der Waals surface area contributed by atoms with Crippen molar-refractivity contribution < 1.29 is 14.3 Å². The van der Waals surface area contributed by atoms with E-state index in [0.717, 1.165) is 38.5 Å². The molecule has 0 radical (unpaired) electrons. The minimum absolute atomic E-state index is 0.0868. The number of hydrogen-bond acceptors (Lipinski definition) is 6. The van der Waals surface area contributed by atoms with Gasteiger partial charge in [0.1, 0.15) is 11.9 Å². The molecule has 150 valence electrons. The van der Waals surface area contributed by atoms with Crippen LogP contribution in [0.5, 0.6) is 0 Å². The van der Waals surface area contributed by atoms with Gasteiger partial charge in [-0.25, -0.2) is 14.8 Å². The first-order valence-electron chi connectivity index (χ1n) is 10.1. The highest BCUT2D eigenvalue weighted by atomic mass is 16.5. The van der Waals surface area contributed by atoms with Crippen LogP contribution < -0.4 is 16.4 Å². The second-order valence-corrected chi connectivity index (χ2v) is 8.55. The molecule has 0 saturated carbocycles. The van der Waals surface area contributed by atoms with Crippen LogP contribution in [0.25, 0.3) is 0 Å². The number of ether oxygens (including phenoxy) is 1. The molecule has 0 aliphatic carbocycles. The highest BCUT2D eigenvalue weighted by Crippen LogP contribution is 2.48.